The molecule has 0 radical (unpaired) electrons. The fraction of sp³-hybridized carbons (Fsp3) is 0.364. The number of aldehydes is 1. The van der Waals surface area contributed by atoms with Crippen LogP contribution in [0.4, 0.5) is 0 Å². The molecule has 0 fully saturated rings. The van der Waals surface area contributed by atoms with Crippen molar-refractivity contribution in [3.05, 3.63) is 29.8 Å². The maximum absolute atomic E-state index is 10.6. The van der Waals surface area contributed by atoms with Gasteiger partial charge in [0, 0.05) is 11.5 Å². The van der Waals surface area contributed by atoms with Crippen LogP contribution in [-0.2, 0) is 9.53 Å². The molecule has 0 saturated heterocycles. The highest BCUT2D eigenvalue weighted by molar-refractivity contribution is 8.00. The molecular weight excluding hydrogens is 196 g/mol. The molecule has 0 spiro atoms. The van der Waals surface area contributed by atoms with E-state index in [4.69, 9.17) is 4.74 Å². The molecule has 0 amide bonds. The average Bonchev–Trinajstić information content (AvgIpc) is 2.20. The van der Waals surface area contributed by atoms with Crippen molar-refractivity contribution in [1.82, 2.24) is 0 Å². The largest absolute Gasteiger partial charge is 0.360 e. The second kappa shape index (κ2) is 5.83. The lowest BCUT2D eigenvalue weighted by Crippen LogP contribution is -2.09. The second-order valence-corrected chi connectivity index (χ2v) is 4.06. The maximum Gasteiger partial charge on any atom is 0.162 e. The zero-order valence-corrected chi connectivity index (χ0v) is 9.21. The van der Waals surface area contributed by atoms with Gasteiger partial charge in [0.25, 0.3) is 0 Å². The lowest BCUT2D eigenvalue weighted by molar-refractivity contribution is -0.113. The number of carbonyl (C=O) groups excluding carboxylic acids is 1. The Bertz CT molecular complexity index is 282. The number of aryl methyl sites for hydroxylation is 1. The molecule has 0 saturated carbocycles. The van der Waals surface area contributed by atoms with Crippen molar-refractivity contribution in [2.75, 3.05) is 6.61 Å². The molecule has 76 valence electrons. The van der Waals surface area contributed by atoms with Gasteiger partial charge in [0.1, 0.15) is 0 Å². The molecule has 0 aliphatic heterocycles. The Labute approximate surface area is 88.7 Å². The molecule has 1 aromatic carbocycles. The number of benzene rings is 1. The highest BCUT2D eigenvalue weighted by Crippen LogP contribution is 2.23. The van der Waals surface area contributed by atoms with E-state index >= 15 is 0 Å². The van der Waals surface area contributed by atoms with Crippen molar-refractivity contribution in [3.8, 4) is 0 Å². The van der Waals surface area contributed by atoms with Crippen LogP contribution in [-0.4, -0.2) is 18.3 Å². The van der Waals surface area contributed by atoms with Crippen molar-refractivity contribution >= 4 is 18.0 Å². The zero-order chi connectivity index (χ0) is 10.4. The van der Waals surface area contributed by atoms with E-state index in [0.29, 0.717) is 6.61 Å². The third-order valence-electron chi connectivity index (χ3n) is 1.72. The van der Waals surface area contributed by atoms with E-state index in [0.717, 1.165) is 11.2 Å². The summed E-state index contributed by atoms with van der Waals surface area (Å²) in [6.07, 6.45) is 0.827. The summed E-state index contributed by atoms with van der Waals surface area (Å²) in [4.78, 5) is 11.7. The Balaban J connectivity index is 2.57. The normalized spacial score (nSPS) is 12.4. The number of carbonyl (C=O) groups is 1. The minimum atomic E-state index is -0.386. The summed E-state index contributed by atoms with van der Waals surface area (Å²) in [5.74, 6) is 0. The zero-order valence-electron chi connectivity index (χ0n) is 8.40. The van der Waals surface area contributed by atoms with Gasteiger partial charge in [-0.05, 0) is 26.0 Å². The topological polar surface area (TPSA) is 26.3 Å². The van der Waals surface area contributed by atoms with Crippen LogP contribution < -0.4 is 0 Å². The molecular formula is C11H14O2S. The van der Waals surface area contributed by atoms with E-state index in [9.17, 15) is 4.79 Å². The number of ether oxygens (including phenoxy) is 1. The number of thioether (sulfide) groups is 1. The van der Waals surface area contributed by atoms with Gasteiger partial charge in [-0.2, -0.15) is 0 Å². The van der Waals surface area contributed by atoms with E-state index in [1.807, 2.05) is 38.1 Å². The fourth-order valence-electron chi connectivity index (χ4n) is 1.02. The standard InChI is InChI=1S/C11H14O2S/c1-3-13-11(8-12)14-10-6-4-9(2)5-7-10/h4-8,11H,3H2,1-2H3. The predicted molar refractivity (Wildman–Crippen MR) is 58.5 cm³/mol. The van der Waals surface area contributed by atoms with Crippen LogP contribution in [0, 0.1) is 6.92 Å². The Hall–Kier alpha value is -0.800. The number of rotatable bonds is 5. The summed E-state index contributed by atoms with van der Waals surface area (Å²) < 4.78 is 5.22. The van der Waals surface area contributed by atoms with Gasteiger partial charge in [0.2, 0.25) is 0 Å². The van der Waals surface area contributed by atoms with Crippen molar-refractivity contribution in [3.63, 3.8) is 0 Å². The van der Waals surface area contributed by atoms with E-state index < -0.39 is 0 Å². The van der Waals surface area contributed by atoms with Crippen molar-refractivity contribution < 1.29 is 9.53 Å². The quantitative estimate of drug-likeness (QED) is 0.424. The monoisotopic (exact) mass is 210 g/mol. The molecule has 0 aliphatic rings. The van der Waals surface area contributed by atoms with Gasteiger partial charge in [-0.25, -0.2) is 0 Å². The molecule has 2 nitrogen and oxygen atoms in total. The van der Waals surface area contributed by atoms with Gasteiger partial charge in [-0.15, -0.1) is 0 Å². The summed E-state index contributed by atoms with van der Waals surface area (Å²) in [6, 6.07) is 8.04. The fourth-order valence-corrected chi connectivity index (χ4v) is 1.84. The van der Waals surface area contributed by atoms with Crippen LogP contribution in [0.5, 0.6) is 0 Å². The molecule has 0 bridgehead atoms. The van der Waals surface area contributed by atoms with Crippen LogP contribution in [0.25, 0.3) is 0 Å². The Morgan fingerprint density at radius 1 is 1.43 bits per heavy atom. The van der Waals surface area contributed by atoms with E-state index in [1.54, 1.807) is 0 Å². The van der Waals surface area contributed by atoms with Crippen LogP contribution >= 0.6 is 11.8 Å². The van der Waals surface area contributed by atoms with Crippen LogP contribution in [0.2, 0.25) is 0 Å². The van der Waals surface area contributed by atoms with E-state index in [1.165, 1.54) is 17.3 Å². The number of hydrogen-bond donors (Lipinski definition) is 0. The Morgan fingerprint density at radius 2 is 2.07 bits per heavy atom. The van der Waals surface area contributed by atoms with Gasteiger partial charge in [-0.3, -0.25) is 4.79 Å². The van der Waals surface area contributed by atoms with E-state index in [-0.39, 0.29) is 5.44 Å². The van der Waals surface area contributed by atoms with Crippen molar-refractivity contribution in [2.45, 2.75) is 24.2 Å². The summed E-state index contributed by atoms with van der Waals surface area (Å²) in [6.45, 7) is 4.47. The first kappa shape index (κ1) is 11.3. The first-order valence-electron chi connectivity index (χ1n) is 4.56. The van der Waals surface area contributed by atoms with Crippen LogP contribution in [0.15, 0.2) is 29.2 Å². The summed E-state index contributed by atoms with van der Waals surface area (Å²) >= 11 is 1.43. The Kier molecular flexibility index (Phi) is 4.70. The molecule has 0 N–H and O–H groups in total. The third-order valence-corrected chi connectivity index (χ3v) is 2.74. The van der Waals surface area contributed by atoms with Crippen LogP contribution in [0.1, 0.15) is 12.5 Å². The lowest BCUT2D eigenvalue weighted by Gasteiger charge is -2.09. The highest BCUT2D eigenvalue weighted by atomic mass is 32.2. The van der Waals surface area contributed by atoms with Gasteiger partial charge < -0.3 is 4.74 Å². The molecule has 0 aromatic heterocycles. The predicted octanol–water partition coefficient (Wildman–Crippen LogP) is 2.65. The maximum atomic E-state index is 10.6. The van der Waals surface area contributed by atoms with Gasteiger partial charge in [0.15, 0.2) is 11.7 Å². The number of hydrogen-bond acceptors (Lipinski definition) is 3. The van der Waals surface area contributed by atoms with Crippen molar-refractivity contribution in [2.24, 2.45) is 0 Å². The molecule has 14 heavy (non-hydrogen) atoms. The molecule has 1 atom stereocenters. The van der Waals surface area contributed by atoms with Gasteiger partial charge >= 0.3 is 0 Å². The summed E-state index contributed by atoms with van der Waals surface area (Å²) in [5.41, 5.74) is 0.830. The highest BCUT2D eigenvalue weighted by Gasteiger charge is 2.07. The molecule has 1 rings (SSSR count). The molecule has 0 aliphatic carbocycles. The summed E-state index contributed by atoms with van der Waals surface area (Å²) in [5, 5.41) is 0. The Morgan fingerprint density at radius 3 is 2.57 bits per heavy atom. The second-order valence-electron chi connectivity index (χ2n) is 2.89. The summed E-state index contributed by atoms with van der Waals surface area (Å²) in [7, 11) is 0. The first-order valence-corrected chi connectivity index (χ1v) is 5.44. The third kappa shape index (κ3) is 3.52. The van der Waals surface area contributed by atoms with E-state index in [2.05, 4.69) is 0 Å². The first-order chi connectivity index (χ1) is 6.76. The van der Waals surface area contributed by atoms with Crippen LogP contribution in [0.3, 0.4) is 0 Å². The average molecular weight is 210 g/mol. The van der Waals surface area contributed by atoms with Gasteiger partial charge in [-0.1, -0.05) is 29.5 Å². The molecule has 1 unspecified atom stereocenters. The lowest BCUT2D eigenvalue weighted by atomic mass is 10.2. The molecule has 3 heteroatoms. The van der Waals surface area contributed by atoms with Gasteiger partial charge in [0.05, 0.1) is 0 Å². The SMILES string of the molecule is CCOC(C=O)Sc1ccc(C)cc1. The van der Waals surface area contributed by atoms with Crippen molar-refractivity contribution in [1.29, 1.82) is 0 Å². The smallest absolute Gasteiger partial charge is 0.162 e. The minimum Gasteiger partial charge on any atom is -0.360 e. The molecule has 1 aromatic rings. The minimum absolute atomic E-state index is 0.386. The molecule has 0 heterocycles.